The highest BCUT2D eigenvalue weighted by molar-refractivity contribution is 7.15. The third kappa shape index (κ3) is 4.24. The lowest BCUT2D eigenvalue weighted by atomic mass is 9.98. The molecule has 5 rings (SSSR count). The molecule has 0 N–H and O–H groups in total. The van der Waals surface area contributed by atoms with Crippen molar-refractivity contribution in [1.82, 2.24) is 10.2 Å². The highest BCUT2D eigenvalue weighted by Gasteiger charge is 2.45. The Labute approximate surface area is 212 Å². The van der Waals surface area contributed by atoms with Gasteiger partial charge in [-0.2, -0.15) is 0 Å². The number of amides is 1. The van der Waals surface area contributed by atoms with E-state index < -0.39 is 11.9 Å². The van der Waals surface area contributed by atoms with Gasteiger partial charge in [0.1, 0.15) is 10.6 Å². The van der Waals surface area contributed by atoms with Gasteiger partial charge in [-0.25, -0.2) is 0 Å². The van der Waals surface area contributed by atoms with Crippen molar-refractivity contribution in [3.05, 3.63) is 74.6 Å². The van der Waals surface area contributed by atoms with Gasteiger partial charge in [0, 0.05) is 0 Å². The fraction of sp³-hybridized carbons (Fsp3) is 0.333. The fourth-order valence-corrected chi connectivity index (χ4v) is 5.15. The number of anilines is 1. The van der Waals surface area contributed by atoms with Crippen LogP contribution in [0, 0.1) is 6.92 Å². The van der Waals surface area contributed by atoms with Gasteiger partial charge in [-0.3, -0.25) is 14.5 Å². The molecule has 8 nitrogen and oxygen atoms in total. The van der Waals surface area contributed by atoms with Gasteiger partial charge in [0.25, 0.3) is 5.91 Å². The summed E-state index contributed by atoms with van der Waals surface area (Å²) in [5.41, 5.74) is 1.11. The third-order valence-electron chi connectivity index (χ3n) is 6.09. The van der Waals surface area contributed by atoms with E-state index in [1.807, 2.05) is 32.0 Å². The second-order valence-electron chi connectivity index (χ2n) is 8.55. The summed E-state index contributed by atoms with van der Waals surface area (Å²) in [7, 11) is 0. The zero-order chi connectivity index (χ0) is 25.2. The molecule has 0 saturated carbocycles. The molecule has 1 atom stereocenters. The van der Waals surface area contributed by atoms with E-state index in [0.29, 0.717) is 51.4 Å². The first-order valence-corrected chi connectivity index (χ1v) is 12.9. The summed E-state index contributed by atoms with van der Waals surface area (Å²) in [4.78, 5) is 28.8. The molecule has 0 aliphatic carbocycles. The molecule has 0 radical (unpaired) electrons. The van der Waals surface area contributed by atoms with Crippen molar-refractivity contribution < 1.29 is 18.7 Å². The SMILES string of the molecule is CCCCCOc1ccc([C@H]2c3c(oc4ccccc4c3=O)C(=O)N2c2nnc(C)s2)cc1OCC. The molecule has 2 aromatic carbocycles. The minimum atomic E-state index is -0.742. The number of aromatic nitrogens is 2. The van der Waals surface area contributed by atoms with Crippen LogP contribution in [-0.2, 0) is 0 Å². The maximum Gasteiger partial charge on any atom is 0.297 e. The summed E-state index contributed by atoms with van der Waals surface area (Å²) in [6.45, 7) is 6.90. The number of rotatable bonds is 9. The van der Waals surface area contributed by atoms with Crippen LogP contribution >= 0.6 is 11.3 Å². The molecule has 0 unspecified atom stereocenters. The maximum absolute atomic E-state index is 13.7. The summed E-state index contributed by atoms with van der Waals surface area (Å²) in [5, 5.41) is 9.84. The van der Waals surface area contributed by atoms with Crippen LogP contribution in [0.5, 0.6) is 11.5 Å². The molecule has 1 amide bonds. The Morgan fingerprint density at radius 3 is 2.61 bits per heavy atom. The lowest BCUT2D eigenvalue weighted by Crippen LogP contribution is -2.29. The van der Waals surface area contributed by atoms with E-state index in [4.69, 9.17) is 13.9 Å². The van der Waals surface area contributed by atoms with E-state index in [2.05, 4.69) is 17.1 Å². The Morgan fingerprint density at radius 2 is 1.86 bits per heavy atom. The van der Waals surface area contributed by atoms with Crippen molar-refractivity contribution in [3.8, 4) is 11.5 Å². The van der Waals surface area contributed by atoms with Crippen LogP contribution in [0.2, 0.25) is 0 Å². The second-order valence-corrected chi connectivity index (χ2v) is 9.71. The number of nitrogens with zero attached hydrogens (tertiary/aromatic N) is 3. The van der Waals surface area contributed by atoms with Gasteiger partial charge >= 0.3 is 0 Å². The second kappa shape index (κ2) is 10.1. The number of ether oxygens (including phenoxy) is 2. The van der Waals surface area contributed by atoms with Crippen LogP contribution < -0.4 is 19.8 Å². The monoisotopic (exact) mass is 505 g/mol. The number of fused-ring (bicyclic) bond motifs is 2. The molecule has 0 spiro atoms. The summed E-state index contributed by atoms with van der Waals surface area (Å²) in [6, 6.07) is 11.7. The van der Waals surface area contributed by atoms with Crippen molar-refractivity contribution in [1.29, 1.82) is 0 Å². The van der Waals surface area contributed by atoms with E-state index in [-0.39, 0.29) is 16.8 Å². The molecule has 9 heteroatoms. The molecule has 0 saturated heterocycles. The molecule has 0 bridgehead atoms. The van der Waals surface area contributed by atoms with Gasteiger partial charge in [-0.1, -0.05) is 49.3 Å². The predicted molar refractivity (Wildman–Crippen MR) is 138 cm³/mol. The highest BCUT2D eigenvalue weighted by Crippen LogP contribution is 2.44. The number of hydrogen-bond donors (Lipinski definition) is 0. The lowest BCUT2D eigenvalue weighted by Gasteiger charge is -2.23. The average molecular weight is 506 g/mol. The van der Waals surface area contributed by atoms with Crippen LogP contribution in [0.15, 0.2) is 51.7 Å². The van der Waals surface area contributed by atoms with E-state index in [1.165, 1.54) is 16.2 Å². The first-order chi connectivity index (χ1) is 17.5. The lowest BCUT2D eigenvalue weighted by molar-refractivity contribution is 0.0970. The van der Waals surface area contributed by atoms with Crippen LogP contribution in [-0.4, -0.2) is 29.3 Å². The largest absolute Gasteiger partial charge is 0.490 e. The highest BCUT2D eigenvalue weighted by atomic mass is 32.1. The summed E-state index contributed by atoms with van der Waals surface area (Å²) in [5.74, 6) is 0.789. The van der Waals surface area contributed by atoms with Crippen molar-refractivity contribution in [3.63, 3.8) is 0 Å². The molecule has 3 heterocycles. The van der Waals surface area contributed by atoms with Crippen LogP contribution in [0.25, 0.3) is 11.0 Å². The van der Waals surface area contributed by atoms with Gasteiger partial charge in [0.15, 0.2) is 16.9 Å². The Balaban J connectivity index is 1.65. The number of benzene rings is 2. The normalized spacial score (nSPS) is 14.9. The third-order valence-corrected chi connectivity index (χ3v) is 6.93. The maximum atomic E-state index is 13.7. The Kier molecular flexibility index (Phi) is 6.73. The predicted octanol–water partition coefficient (Wildman–Crippen LogP) is 5.67. The number of carbonyl (C=O) groups excluding carboxylic acids is 1. The van der Waals surface area contributed by atoms with E-state index in [0.717, 1.165) is 19.3 Å². The van der Waals surface area contributed by atoms with Crippen molar-refractivity contribution >= 4 is 33.3 Å². The standard InChI is InChI=1S/C27H27N3O5S/c1-4-6-9-14-34-20-13-12-17(15-21(20)33-5-2)23-22-24(31)18-10-7-8-11-19(18)35-25(22)26(32)30(23)27-29-28-16(3)36-27/h7-8,10-13,15,23H,4-6,9,14H2,1-3H3/t23-/m0/s1. The molecule has 1 aliphatic rings. The summed E-state index contributed by atoms with van der Waals surface area (Å²) in [6.07, 6.45) is 3.14. The molecule has 0 fully saturated rings. The van der Waals surface area contributed by atoms with Gasteiger partial charge in [0.05, 0.1) is 30.2 Å². The molecular weight excluding hydrogens is 478 g/mol. The quantitative estimate of drug-likeness (QED) is 0.271. The van der Waals surface area contributed by atoms with E-state index >= 15 is 0 Å². The van der Waals surface area contributed by atoms with Crippen LogP contribution in [0.1, 0.15) is 65.8 Å². The van der Waals surface area contributed by atoms with Gasteiger partial charge in [0.2, 0.25) is 10.9 Å². The minimum Gasteiger partial charge on any atom is -0.490 e. The van der Waals surface area contributed by atoms with Crippen LogP contribution in [0.3, 0.4) is 0 Å². The van der Waals surface area contributed by atoms with Crippen molar-refractivity contribution in [2.24, 2.45) is 0 Å². The number of unbranched alkanes of at least 4 members (excludes halogenated alkanes) is 2. The van der Waals surface area contributed by atoms with Gasteiger partial charge in [-0.05, 0) is 50.1 Å². The number of hydrogen-bond acceptors (Lipinski definition) is 8. The molecular formula is C27H27N3O5S. The zero-order valence-electron chi connectivity index (χ0n) is 20.4. The van der Waals surface area contributed by atoms with Crippen molar-refractivity contribution in [2.75, 3.05) is 18.1 Å². The summed E-state index contributed by atoms with van der Waals surface area (Å²) < 4.78 is 17.9. The van der Waals surface area contributed by atoms with E-state index in [1.54, 1.807) is 24.3 Å². The van der Waals surface area contributed by atoms with Crippen molar-refractivity contribution in [2.45, 2.75) is 46.1 Å². The molecule has 186 valence electrons. The Bertz CT molecular complexity index is 1480. The van der Waals surface area contributed by atoms with E-state index in [9.17, 15) is 9.59 Å². The number of para-hydroxylation sites is 1. The van der Waals surface area contributed by atoms with Gasteiger partial charge in [-0.15, -0.1) is 10.2 Å². The molecule has 1 aliphatic heterocycles. The fourth-order valence-electron chi connectivity index (χ4n) is 4.43. The Morgan fingerprint density at radius 1 is 1.03 bits per heavy atom. The first-order valence-electron chi connectivity index (χ1n) is 12.1. The Hall–Kier alpha value is -3.72. The average Bonchev–Trinajstić information content (AvgIpc) is 3.43. The first kappa shape index (κ1) is 24.0. The smallest absolute Gasteiger partial charge is 0.297 e. The molecule has 2 aromatic heterocycles. The number of carbonyl (C=O) groups is 1. The minimum absolute atomic E-state index is 0.0226. The van der Waals surface area contributed by atoms with Crippen LogP contribution in [0.4, 0.5) is 5.13 Å². The number of aryl methyl sites for hydroxylation is 1. The molecule has 4 aromatic rings. The summed E-state index contributed by atoms with van der Waals surface area (Å²) >= 11 is 1.28. The van der Waals surface area contributed by atoms with Gasteiger partial charge < -0.3 is 13.9 Å². The molecule has 36 heavy (non-hydrogen) atoms. The zero-order valence-corrected chi connectivity index (χ0v) is 21.3. The topological polar surface area (TPSA) is 94.8 Å².